The summed E-state index contributed by atoms with van der Waals surface area (Å²) < 4.78 is 10.8. The molecule has 1 N–H and O–H groups in total. The summed E-state index contributed by atoms with van der Waals surface area (Å²) in [5.41, 5.74) is 0.914. The first-order valence-corrected chi connectivity index (χ1v) is 6.92. The van der Waals surface area contributed by atoms with Crippen molar-refractivity contribution in [3.05, 3.63) is 22.7 Å². The number of ketones is 1. The molecule has 1 aromatic rings. The quantitative estimate of drug-likeness (QED) is 0.870. The molecular weight excluding hydrogens is 282 g/mol. The number of Topliss-reactive ketones (excluding diaryl/α,β-unsaturated/α-hetero) is 1. The SMILES string of the molecule is O=C1COc2cc(C(=O)CC3CCCO3)c(Cl)cc2N1. The maximum absolute atomic E-state index is 12.3. The van der Waals surface area contributed by atoms with Crippen LogP contribution in [0, 0.1) is 0 Å². The third-order valence-corrected chi connectivity index (χ3v) is 3.75. The summed E-state index contributed by atoms with van der Waals surface area (Å²) in [4.78, 5) is 23.5. The second-order valence-electron chi connectivity index (χ2n) is 4.93. The Morgan fingerprint density at radius 2 is 2.30 bits per heavy atom. The number of carbonyl (C=O) groups is 2. The molecule has 6 heteroatoms. The predicted molar refractivity (Wildman–Crippen MR) is 73.5 cm³/mol. The van der Waals surface area contributed by atoms with E-state index in [2.05, 4.69) is 5.32 Å². The molecule has 2 heterocycles. The Labute approximate surface area is 121 Å². The number of anilines is 1. The van der Waals surface area contributed by atoms with Gasteiger partial charge in [0.1, 0.15) is 5.75 Å². The summed E-state index contributed by atoms with van der Waals surface area (Å²) in [5.74, 6) is 0.182. The van der Waals surface area contributed by atoms with Crippen LogP contribution < -0.4 is 10.1 Å². The number of amides is 1. The van der Waals surface area contributed by atoms with Gasteiger partial charge in [-0.05, 0) is 25.0 Å². The summed E-state index contributed by atoms with van der Waals surface area (Å²) in [6.45, 7) is 0.666. The first-order valence-electron chi connectivity index (χ1n) is 6.54. The van der Waals surface area contributed by atoms with Crippen molar-refractivity contribution < 1.29 is 19.1 Å². The van der Waals surface area contributed by atoms with Crippen molar-refractivity contribution in [2.45, 2.75) is 25.4 Å². The van der Waals surface area contributed by atoms with Crippen molar-refractivity contribution in [1.29, 1.82) is 0 Å². The fourth-order valence-electron chi connectivity index (χ4n) is 2.44. The van der Waals surface area contributed by atoms with Crippen LogP contribution in [0.5, 0.6) is 5.75 Å². The van der Waals surface area contributed by atoms with Gasteiger partial charge in [0.25, 0.3) is 5.91 Å². The lowest BCUT2D eigenvalue weighted by molar-refractivity contribution is -0.118. The summed E-state index contributed by atoms with van der Waals surface area (Å²) >= 11 is 6.12. The van der Waals surface area contributed by atoms with Gasteiger partial charge in [-0.2, -0.15) is 0 Å². The van der Waals surface area contributed by atoms with Crippen molar-refractivity contribution >= 4 is 29.0 Å². The third kappa shape index (κ3) is 2.64. The largest absolute Gasteiger partial charge is 0.482 e. The highest BCUT2D eigenvalue weighted by Crippen LogP contribution is 2.34. The summed E-state index contributed by atoms with van der Waals surface area (Å²) in [6, 6.07) is 3.14. The summed E-state index contributed by atoms with van der Waals surface area (Å²) in [5, 5.41) is 2.97. The third-order valence-electron chi connectivity index (χ3n) is 3.44. The van der Waals surface area contributed by atoms with Gasteiger partial charge in [-0.1, -0.05) is 11.6 Å². The monoisotopic (exact) mass is 295 g/mol. The van der Waals surface area contributed by atoms with Gasteiger partial charge < -0.3 is 14.8 Å². The Morgan fingerprint density at radius 3 is 3.05 bits per heavy atom. The predicted octanol–water partition coefficient (Wildman–Crippen LogP) is 2.42. The first-order chi connectivity index (χ1) is 9.63. The Bertz CT molecular complexity index is 567. The molecule has 106 valence electrons. The fourth-order valence-corrected chi connectivity index (χ4v) is 2.70. The van der Waals surface area contributed by atoms with E-state index in [-0.39, 0.29) is 24.4 Å². The topological polar surface area (TPSA) is 64.6 Å². The van der Waals surface area contributed by atoms with E-state index in [9.17, 15) is 9.59 Å². The minimum atomic E-state index is -0.230. The van der Waals surface area contributed by atoms with E-state index in [1.165, 1.54) is 0 Å². The van der Waals surface area contributed by atoms with Gasteiger partial charge in [0, 0.05) is 18.6 Å². The van der Waals surface area contributed by atoms with E-state index in [1.807, 2.05) is 0 Å². The molecule has 0 saturated carbocycles. The standard InChI is InChI=1S/C14H14ClNO4/c15-10-6-11-13(20-7-14(18)16-11)5-9(10)12(17)4-8-2-1-3-19-8/h5-6,8H,1-4,7H2,(H,16,18). The lowest BCUT2D eigenvalue weighted by Gasteiger charge is -2.19. The molecule has 0 radical (unpaired) electrons. The zero-order valence-electron chi connectivity index (χ0n) is 10.8. The van der Waals surface area contributed by atoms with Crippen molar-refractivity contribution in [1.82, 2.24) is 0 Å². The molecule has 0 bridgehead atoms. The molecule has 0 spiro atoms. The van der Waals surface area contributed by atoms with Crippen LogP contribution in [0.3, 0.4) is 0 Å². The zero-order chi connectivity index (χ0) is 14.1. The van der Waals surface area contributed by atoms with Crippen LogP contribution in [0.4, 0.5) is 5.69 Å². The van der Waals surface area contributed by atoms with Crippen LogP contribution in [0.15, 0.2) is 12.1 Å². The molecule has 20 heavy (non-hydrogen) atoms. The molecule has 3 rings (SSSR count). The van der Waals surface area contributed by atoms with Gasteiger partial charge in [-0.25, -0.2) is 0 Å². The minimum Gasteiger partial charge on any atom is -0.482 e. The molecule has 1 unspecified atom stereocenters. The average molecular weight is 296 g/mol. The maximum Gasteiger partial charge on any atom is 0.262 e. The number of benzene rings is 1. The molecule has 0 aromatic heterocycles. The lowest BCUT2D eigenvalue weighted by atomic mass is 10.0. The molecule has 2 aliphatic rings. The average Bonchev–Trinajstić information content (AvgIpc) is 2.90. The summed E-state index contributed by atoms with van der Waals surface area (Å²) in [7, 11) is 0. The van der Waals surface area contributed by atoms with Gasteiger partial charge in [-0.15, -0.1) is 0 Å². The molecule has 5 nitrogen and oxygen atoms in total. The molecule has 1 aromatic carbocycles. The first kappa shape index (κ1) is 13.4. The van der Waals surface area contributed by atoms with E-state index in [1.54, 1.807) is 12.1 Å². The van der Waals surface area contributed by atoms with E-state index in [0.29, 0.717) is 35.1 Å². The molecule has 1 saturated heterocycles. The normalized spacial score (nSPS) is 21.1. The van der Waals surface area contributed by atoms with Gasteiger partial charge in [-0.3, -0.25) is 9.59 Å². The highest BCUT2D eigenvalue weighted by atomic mass is 35.5. The number of ether oxygens (including phenoxy) is 2. The number of fused-ring (bicyclic) bond motifs is 1. The van der Waals surface area contributed by atoms with E-state index < -0.39 is 0 Å². The molecule has 1 amide bonds. The van der Waals surface area contributed by atoms with Crippen molar-refractivity contribution in [2.24, 2.45) is 0 Å². The van der Waals surface area contributed by atoms with Crippen LogP contribution >= 0.6 is 11.6 Å². The summed E-state index contributed by atoms with van der Waals surface area (Å²) in [6.07, 6.45) is 2.20. The van der Waals surface area contributed by atoms with E-state index in [0.717, 1.165) is 12.8 Å². The van der Waals surface area contributed by atoms with Gasteiger partial charge in [0.15, 0.2) is 12.4 Å². The molecule has 0 aliphatic carbocycles. The number of hydrogen-bond acceptors (Lipinski definition) is 4. The van der Waals surface area contributed by atoms with Crippen molar-refractivity contribution in [2.75, 3.05) is 18.5 Å². The van der Waals surface area contributed by atoms with Gasteiger partial charge in [0.2, 0.25) is 0 Å². The lowest BCUT2D eigenvalue weighted by Crippen LogP contribution is -2.25. The fraction of sp³-hybridized carbons (Fsp3) is 0.429. The highest BCUT2D eigenvalue weighted by Gasteiger charge is 2.24. The number of rotatable bonds is 3. The van der Waals surface area contributed by atoms with Crippen molar-refractivity contribution in [3.63, 3.8) is 0 Å². The molecule has 2 aliphatic heterocycles. The Balaban J connectivity index is 1.82. The minimum absolute atomic E-state index is 0.0183. The van der Waals surface area contributed by atoms with E-state index in [4.69, 9.17) is 21.1 Å². The number of hydrogen-bond donors (Lipinski definition) is 1. The Morgan fingerprint density at radius 1 is 1.45 bits per heavy atom. The zero-order valence-corrected chi connectivity index (χ0v) is 11.5. The van der Waals surface area contributed by atoms with Crippen LogP contribution in [0.2, 0.25) is 5.02 Å². The number of carbonyl (C=O) groups excluding carboxylic acids is 2. The van der Waals surface area contributed by atoms with Crippen LogP contribution in [-0.2, 0) is 9.53 Å². The maximum atomic E-state index is 12.3. The number of halogens is 1. The van der Waals surface area contributed by atoms with Crippen LogP contribution in [0.1, 0.15) is 29.6 Å². The highest BCUT2D eigenvalue weighted by molar-refractivity contribution is 6.34. The molecular formula is C14H14ClNO4. The second-order valence-corrected chi connectivity index (χ2v) is 5.33. The number of nitrogens with one attached hydrogen (secondary N) is 1. The second kappa shape index (κ2) is 5.42. The van der Waals surface area contributed by atoms with Crippen LogP contribution in [-0.4, -0.2) is 31.0 Å². The van der Waals surface area contributed by atoms with Crippen molar-refractivity contribution in [3.8, 4) is 5.75 Å². The Kier molecular flexibility index (Phi) is 3.63. The molecule has 1 fully saturated rings. The van der Waals surface area contributed by atoms with Gasteiger partial charge in [0.05, 0.1) is 16.8 Å². The van der Waals surface area contributed by atoms with Crippen LogP contribution in [0.25, 0.3) is 0 Å². The van der Waals surface area contributed by atoms with E-state index >= 15 is 0 Å². The Hall–Kier alpha value is -1.59. The molecule has 1 atom stereocenters. The van der Waals surface area contributed by atoms with Gasteiger partial charge >= 0.3 is 0 Å². The smallest absolute Gasteiger partial charge is 0.262 e.